The maximum absolute atomic E-state index is 12.1. The first-order valence-electron chi connectivity index (χ1n) is 9.91. The summed E-state index contributed by atoms with van der Waals surface area (Å²) in [4.78, 5) is 57.5. The minimum absolute atomic E-state index is 0.119. The van der Waals surface area contributed by atoms with Crippen LogP contribution in [0.25, 0.3) is 0 Å². The summed E-state index contributed by atoms with van der Waals surface area (Å²) in [7, 11) is 0. The molecular formula is C19H33N3O7. The maximum atomic E-state index is 12.1. The van der Waals surface area contributed by atoms with E-state index in [9.17, 15) is 29.1 Å². The molecule has 10 nitrogen and oxygen atoms in total. The number of hydrogen-bond donors (Lipinski definition) is 5. The molecule has 0 aromatic rings. The van der Waals surface area contributed by atoms with Gasteiger partial charge in [0.15, 0.2) is 0 Å². The predicted octanol–water partition coefficient (Wildman–Crippen LogP) is 0.648. The lowest BCUT2D eigenvalue weighted by molar-refractivity contribution is -0.142. The highest BCUT2D eigenvalue weighted by Crippen LogP contribution is 2.16. The number of carboxylic acid groups (broad SMARTS) is 2. The van der Waals surface area contributed by atoms with E-state index in [4.69, 9.17) is 5.11 Å². The predicted molar refractivity (Wildman–Crippen MR) is 105 cm³/mol. The molecule has 10 heteroatoms. The van der Waals surface area contributed by atoms with Crippen molar-refractivity contribution < 1.29 is 34.2 Å². The van der Waals surface area contributed by atoms with Gasteiger partial charge in [0.1, 0.15) is 12.1 Å². The molecule has 0 aromatic heterocycles. The van der Waals surface area contributed by atoms with Gasteiger partial charge in [-0.05, 0) is 25.7 Å². The van der Waals surface area contributed by atoms with Crippen molar-refractivity contribution >= 4 is 29.7 Å². The van der Waals surface area contributed by atoms with Crippen LogP contribution in [-0.4, -0.2) is 58.5 Å². The number of carbonyl (C=O) groups excluding carboxylic acids is 3. The van der Waals surface area contributed by atoms with E-state index in [-0.39, 0.29) is 31.1 Å². The Morgan fingerprint density at radius 1 is 0.862 bits per heavy atom. The van der Waals surface area contributed by atoms with Crippen LogP contribution in [0.3, 0.4) is 0 Å². The summed E-state index contributed by atoms with van der Waals surface area (Å²) >= 11 is 0. The zero-order valence-corrected chi connectivity index (χ0v) is 17.3. The lowest BCUT2D eigenvalue weighted by Gasteiger charge is -2.18. The molecule has 29 heavy (non-hydrogen) atoms. The van der Waals surface area contributed by atoms with Gasteiger partial charge in [-0.2, -0.15) is 0 Å². The van der Waals surface area contributed by atoms with Crippen molar-refractivity contribution in [1.29, 1.82) is 0 Å². The van der Waals surface area contributed by atoms with E-state index in [0.29, 0.717) is 0 Å². The van der Waals surface area contributed by atoms with Gasteiger partial charge < -0.3 is 26.2 Å². The normalized spacial score (nSPS) is 13.6. The second-order valence-corrected chi connectivity index (χ2v) is 7.02. The molecule has 0 rings (SSSR count). The van der Waals surface area contributed by atoms with Crippen LogP contribution in [-0.2, 0) is 24.0 Å². The van der Waals surface area contributed by atoms with Crippen LogP contribution < -0.4 is 16.0 Å². The van der Waals surface area contributed by atoms with Crippen LogP contribution in [0.15, 0.2) is 0 Å². The van der Waals surface area contributed by atoms with Crippen molar-refractivity contribution in [3.05, 3.63) is 0 Å². The molecule has 0 saturated heterocycles. The molecule has 0 spiro atoms. The molecule has 0 fully saturated rings. The lowest BCUT2D eigenvalue weighted by Crippen LogP contribution is -2.45. The first-order chi connectivity index (χ1) is 13.6. The monoisotopic (exact) mass is 415 g/mol. The number of nitrogens with one attached hydrogen (secondary N) is 3. The van der Waals surface area contributed by atoms with Crippen molar-refractivity contribution in [2.24, 2.45) is 5.92 Å². The number of carbonyl (C=O) groups is 5. The second-order valence-electron chi connectivity index (χ2n) is 7.02. The Bertz CT molecular complexity index is 580. The highest BCUT2D eigenvalue weighted by molar-refractivity contribution is 5.88. The molecular weight excluding hydrogens is 382 g/mol. The molecule has 0 unspecified atom stereocenters. The lowest BCUT2D eigenvalue weighted by atomic mass is 9.95. The van der Waals surface area contributed by atoms with E-state index < -0.39 is 42.4 Å². The fraction of sp³-hybridized carbons (Fsp3) is 0.737. The fourth-order valence-electron chi connectivity index (χ4n) is 2.61. The third-order valence-corrected chi connectivity index (χ3v) is 4.50. The zero-order chi connectivity index (χ0) is 22.4. The Hall–Kier alpha value is -2.65. The van der Waals surface area contributed by atoms with Crippen molar-refractivity contribution in [2.75, 3.05) is 6.54 Å². The number of unbranched alkanes of at least 4 members (excludes halogenated alkanes) is 1. The maximum Gasteiger partial charge on any atom is 0.326 e. The van der Waals surface area contributed by atoms with Crippen LogP contribution in [0.5, 0.6) is 0 Å². The van der Waals surface area contributed by atoms with Crippen LogP contribution in [0.2, 0.25) is 0 Å². The van der Waals surface area contributed by atoms with E-state index in [1.54, 1.807) is 0 Å². The Morgan fingerprint density at radius 2 is 1.52 bits per heavy atom. The third kappa shape index (κ3) is 12.4. The van der Waals surface area contributed by atoms with Crippen LogP contribution in [0.4, 0.5) is 0 Å². The van der Waals surface area contributed by atoms with E-state index in [0.717, 1.165) is 25.7 Å². The number of carboxylic acids is 2. The SMILES string of the molecule is CCCC[C@H](CC)CC(=O)N[C@H](CCC(=O)NCC(=O)N[C@H](C)C(=O)O)C(=O)O. The first kappa shape index (κ1) is 26.4. The molecule has 0 saturated carbocycles. The molecule has 3 amide bonds. The smallest absolute Gasteiger partial charge is 0.326 e. The molecule has 0 aliphatic rings. The summed E-state index contributed by atoms with van der Waals surface area (Å²) < 4.78 is 0. The van der Waals surface area contributed by atoms with Gasteiger partial charge in [-0.15, -0.1) is 0 Å². The summed E-state index contributed by atoms with van der Waals surface area (Å²) in [6, 6.07) is -2.28. The average Bonchev–Trinajstić information content (AvgIpc) is 2.66. The van der Waals surface area contributed by atoms with Gasteiger partial charge in [0, 0.05) is 12.8 Å². The second kappa shape index (κ2) is 14.4. The van der Waals surface area contributed by atoms with Crippen molar-refractivity contribution in [3.63, 3.8) is 0 Å². The molecule has 3 atom stereocenters. The largest absolute Gasteiger partial charge is 0.480 e. The minimum Gasteiger partial charge on any atom is -0.480 e. The summed E-state index contributed by atoms with van der Waals surface area (Å²) in [6.45, 7) is 4.92. The summed E-state index contributed by atoms with van der Waals surface area (Å²) in [5.41, 5.74) is 0. The number of amides is 3. The molecule has 0 radical (unpaired) electrons. The molecule has 5 N–H and O–H groups in total. The standard InChI is InChI=1S/C19H33N3O7/c1-4-6-7-13(5-2)10-16(24)22-14(19(28)29)8-9-15(23)20-11-17(25)21-12(3)18(26)27/h12-14H,4-11H2,1-3H3,(H,20,23)(H,21,25)(H,22,24)(H,26,27)(H,28,29)/t12-,13+,14-/m1/s1. The molecule has 0 aliphatic carbocycles. The van der Waals surface area contributed by atoms with E-state index in [1.165, 1.54) is 6.92 Å². The fourth-order valence-corrected chi connectivity index (χ4v) is 2.61. The quantitative estimate of drug-likeness (QED) is 0.262. The molecule has 0 aromatic carbocycles. The summed E-state index contributed by atoms with van der Waals surface area (Å²) in [6.07, 6.45) is 3.69. The molecule has 0 bridgehead atoms. The van der Waals surface area contributed by atoms with E-state index >= 15 is 0 Å². The minimum atomic E-state index is -1.24. The highest BCUT2D eigenvalue weighted by Gasteiger charge is 2.22. The Labute approximate surface area is 170 Å². The molecule has 166 valence electrons. The first-order valence-corrected chi connectivity index (χ1v) is 9.91. The Kier molecular flexibility index (Phi) is 13.0. The average molecular weight is 415 g/mol. The van der Waals surface area contributed by atoms with Gasteiger partial charge in [0.25, 0.3) is 0 Å². The van der Waals surface area contributed by atoms with Crippen molar-refractivity contribution in [3.8, 4) is 0 Å². The summed E-state index contributed by atoms with van der Waals surface area (Å²) in [5, 5.41) is 24.9. The van der Waals surface area contributed by atoms with Gasteiger partial charge >= 0.3 is 11.9 Å². The summed E-state index contributed by atoms with van der Waals surface area (Å²) in [5.74, 6) is -3.85. The van der Waals surface area contributed by atoms with Gasteiger partial charge in [-0.25, -0.2) is 4.79 Å². The van der Waals surface area contributed by atoms with E-state index in [1.807, 2.05) is 6.92 Å². The Morgan fingerprint density at radius 3 is 2.03 bits per heavy atom. The van der Waals surface area contributed by atoms with Crippen LogP contribution >= 0.6 is 0 Å². The highest BCUT2D eigenvalue weighted by atomic mass is 16.4. The van der Waals surface area contributed by atoms with Gasteiger partial charge in [-0.1, -0.05) is 33.1 Å². The van der Waals surface area contributed by atoms with Crippen LogP contribution in [0, 0.1) is 5.92 Å². The van der Waals surface area contributed by atoms with E-state index in [2.05, 4.69) is 22.9 Å². The number of rotatable bonds is 15. The topological polar surface area (TPSA) is 162 Å². The Balaban J connectivity index is 4.40. The van der Waals surface area contributed by atoms with Crippen LogP contribution in [0.1, 0.15) is 65.7 Å². The molecule has 0 heterocycles. The third-order valence-electron chi connectivity index (χ3n) is 4.50. The molecule has 0 aliphatic heterocycles. The zero-order valence-electron chi connectivity index (χ0n) is 17.3. The number of hydrogen-bond acceptors (Lipinski definition) is 5. The van der Waals surface area contributed by atoms with Gasteiger partial charge in [0.05, 0.1) is 6.54 Å². The van der Waals surface area contributed by atoms with Crippen molar-refractivity contribution in [2.45, 2.75) is 77.8 Å². The van der Waals surface area contributed by atoms with Crippen molar-refractivity contribution in [1.82, 2.24) is 16.0 Å². The van der Waals surface area contributed by atoms with Gasteiger partial charge in [0.2, 0.25) is 17.7 Å². The number of aliphatic carboxylic acids is 2. The van der Waals surface area contributed by atoms with Gasteiger partial charge in [-0.3, -0.25) is 19.2 Å².